The highest BCUT2D eigenvalue weighted by molar-refractivity contribution is 7.09. The fraction of sp³-hybridized carbons (Fsp3) is 0.333. The van der Waals surface area contributed by atoms with Gasteiger partial charge in [-0.1, -0.05) is 17.3 Å². The Bertz CT molecular complexity index is 787. The van der Waals surface area contributed by atoms with Crippen LogP contribution in [0.2, 0.25) is 0 Å². The number of hydrogen-bond donors (Lipinski definition) is 1. The molecule has 1 N–H and O–H groups in total. The van der Waals surface area contributed by atoms with E-state index >= 15 is 0 Å². The summed E-state index contributed by atoms with van der Waals surface area (Å²) < 4.78 is 16.4. The lowest BCUT2D eigenvalue weighted by molar-refractivity contribution is 0.287. The highest BCUT2D eigenvalue weighted by Crippen LogP contribution is 2.29. The normalized spacial score (nSPS) is 10.8. The van der Waals surface area contributed by atoms with Gasteiger partial charge in [0.2, 0.25) is 5.89 Å². The third-order valence-corrected chi connectivity index (χ3v) is 4.44. The maximum Gasteiger partial charge on any atom is 0.227 e. The molecule has 0 aliphatic carbocycles. The summed E-state index contributed by atoms with van der Waals surface area (Å²) in [7, 11) is 1.66. The van der Waals surface area contributed by atoms with Gasteiger partial charge in [0.05, 0.1) is 7.11 Å². The first-order chi connectivity index (χ1) is 12.2. The van der Waals surface area contributed by atoms with Crippen molar-refractivity contribution >= 4 is 11.3 Å². The summed E-state index contributed by atoms with van der Waals surface area (Å²) in [6.45, 7) is 3.86. The van der Waals surface area contributed by atoms with E-state index in [1.807, 2.05) is 36.6 Å². The number of aromatic nitrogens is 2. The van der Waals surface area contributed by atoms with Gasteiger partial charge < -0.3 is 19.3 Å². The first-order valence-electron chi connectivity index (χ1n) is 8.06. The maximum absolute atomic E-state index is 5.85. The Balaban J connectivity index is 1.50. The average molecular weight is 359 g/mol. The minimum Gasteiger partial charge on any atom is -0.493 e. The standard InChI is InChI=1S/C18H21N3O3S/c1-13-20-18(24-21-13)7-8-19-11-14-5-6-16(17(10-14)22-2)23-12-15-4-3-9-25-15/h3-6,9-10,19H,7-8,11-12H2,1-2H3. The van der Waals surface area contributed by atoms with E-state index in [1.54, 1.807) is 18.4 Å². The second-order valence-electron chi connectivity index (χ2n) is 5.52. The monoisotopic (exact) mass is 359 g/mol. The molecular weight excluding hydrogens is 338 g/mol. The van der Waals surface area contributed by atoms with Crippen LogP contribution in [0.4, 0.5) is 0 Å². The van der Waals surface area contributed by atoms with E-state index in [-0.39, 0.29) is 0 Å². The molecule has 3 aromatic rings. The molecule has 1 aromatic carbocycles. The van der Waals surface area contributed by atoms with Crippen molar-refractivity contribution in [3.8, 4) is 11.5 Å². The van der Waals surface area contributed by atoms with Gasteiger partial charge in [0, 0.05) is 24.4 Å². The van der Waals surface area contributed by atoms with Crippen LogP contribution in [0.1, 0.15) is 22.2 Å². The van der Waals surface area contributed by atoms with Gasteiger partial charge in [0.1, 0.15) is 6.61 Å². The molecule has 0 amide bonds. The van der Waals surface area contributed by atoms with Crippen molar-refractivity contribution in [3.05, 3.63) is 57.9 Å². The Kier molecular flexibility index (Phi) is 6.03. The predicted octanol–water partition coefficient (Wildman–Crippen LogP) is 3.36. The second-order valence-corrected chi connectivity index (χ2v) is 6.55. The number of nitrogens with one attached hydrogen (secondary N) is 1. The molecule has 0 radical (unpaired) electrons. The van der Waals surface area contributed by atoms with Crippen LogP contribution in [0.3, 0.4) is 0 Å². The third-order valence-electron chi connectivity index (χ3n) is 3.59. The van der Waals surface area contributed by atoms with Crippen molar-refractivity contribution < 1.29 is 14.0 Å². The molecule has 3 rings (SSSR count). The van der Waals surface area contributed by atoms with Crippen molar-refractivity contribution in [2.24, 2.45) is 0 Å². The Morgan fingerprint density at radius 2 is 2.16 bits per heavy atom. The van der Waals surface area contributed by atoms with Gasteiger partial charge in [-0.05, 0) is 36.1 Å². The molecule has 7 heteroatoms. The first kappa shape index (κ1) is 17.4. The lowest BCUT2D eigenvalue weighted by Crippen LogP contribution is -2.16. The van der Waals surface area contributed by atoms with Gasteiger partial charge in [0.25, 0.3) is 0 Å². The Morgan fingerprint density at radius 3 is 2.88 bits per heavy atom. The molecule has 0 spiro atoms. The summed E-state index contributed by atoms with van der Waals surface area (Å²) in [6.07, 6.45) is 0.708. The van der Waals surface area contributed by atoms with E-state index in [1.165, 1.54) is 4.88 Å². The zero-order valence-corrected chi connectivity index (χ0v) is 15.1. The number of benzene rings is 1. The number of thiophene rings is 1. The SMILES string of the molecule is COc1cc(CNCCc2nc(C)no2)ccc1OCc1cccs1. The fourth-order valence-corrected chi connectivity index (χ4v) is 2.97. The first-order valence-corrected chi connectivity index (χ1v) is 8.94. The van der Waals surface area contributed by atoms with Crippen LogP contribution < -0.4 is 14.8 Å². The Hall–Kier alpha value is -2.38. The molecule has 2 heterocycles. The lowest BCUT2D eigenvalue weighted by Gasteiger charge is -2.12. The van der Waals surface area contributed by atoms with Crippen LogP contribution in [0.5, 0.6) is 11.5 Å². The van der Waals surface area contributed by atoms with E-state index in [2.05, 4.69) is 21.5 Å². The summed E-state index contributed by atoms with van der Waals surface area (Å²) >= 11 is 1.68. The van der Waals surface area contributed by atoms with Crippen molar-refractivity contribution in [2.75, 3.05) is 13.7 Å². The number of nitrogens with zero attached hydrogens (tertiary/aromatic N) is 2. The summed E-state index contributed by atoms with van der Waals surface area (Å²) in [5.74, 6) is 2.81. The van der Waals surface area contributed by atoms with Crippen molar-refractivity contribution in [1.82, 2.24) is 15.5 Å². The summed E-state index contributed by atoms with van der Waals surface area (Å²) in [4.78, 5) is 5.37. The van der Waals surface area contributed by atoms with E-state index < -0.39 is 0 Å². The molecule has 0 aliphatic rings. The zero-order valence-electron chi connectivity index (χ0n) is 14.3. The molecule has 2 aromatic heterocycles. The molecule has 132 valence electrons. The quantitative estimate of drug-likeness (QED) is 0.591. The van der Waals surface area contributed by atoms with Crippen LogP contribution in [-0.4, -0.2) is 23.8 Å². The molecule has 0 unspecified atom stereocenters. The van der Waals surface area contributed by atoms with Gasteiger partial charge >= 0.3 is 0 Å². The van der Waals surface area contributed by atoms with E-state index in [4.69, 9.17) is 14.0 Å². The summed E-state index contributed by atoms with van der Waals surface area (Å²) in [5, 5.41) is 9.18. The molecule has 0 fully saturated rings. The third kappa shape index (κ3) is 5.04. The maximum atomic E-state index is 5.85. The van der Waals surface area contributed by atoms with Gasteiger partial charge in [-0.15, -0.1) is 11.3 Å². The van der Waals surface area contributed by atoms with Crippen molar-refractivity contribution in [1.29, 1.82) is 0 Å². The van der Waals surface area contributed by atoms with Gasteiger partial charge in [-0.3, -0.25) is 0 Å². The Labute approximate surface area is 150 Å². The molecule has 0 saturated heterocycles. The van der Waals surface area contributed by atoms with Crippen LogP contribution in [0.15, 0.2) is 40.2 Å². The lowest BCUT2D eigenvalue weighted by atomic mass is 10.2. The second kappa shape index (κ2) is 8.64. The summed E-state index contributed by atoms with van der Waals surface area (Å²) in [5.41, 5.74) is 1.13. The largest absolute Gasteiger partial charge is 0.493 e. The van der Waals surface area contributed by atoms with Crippen LogP contribution in [-0.2, 0) is 19.6 Å². The highest BCUT2D eigenvalue weighted by Gasteiger charge is 2.07. The zero-order chi connectivity index (χ0) is 17.5. The topological polar surface area (TPSA) is 69.4 Å². The van der Waals surface area contributed by atoms with Crippen LogP contribution in [0, 0.1) is 6.92 Å². The van der Waals surface area contributed by atoms with Crippen LogP contribution in [0.25, 0.3) is 0 Å². The number of rotatable bonds is 9. The van der Waals surface area contributed by atoms with Gasteiger partial charge in [-0.2, -0.15) is 4.98 Å². The molecule has 0 saturated carbocycles. The predicted molar refractivity (Wildman–Crippen MR) is 96.1 cm³/mol. The number of hydrogen-bond acceptors (Lipinski definition) is 7. The summed E-state index contributed by atoms with van der Waals surface area (Å²) in [6, 6.07) is 10.1. The number of methoxy groups -OCH3 is 1. The fourth-order valence-electron chi connectivity index (χ4n) is 2.35. The van der Waals surface area contributed by atoms with Gasteiger partial charge in [-0.25, -0.2) is 0 Å². The smallest absolute Gasteiger partial charge is 0.227 e. The van der Waals surface area contributed by atoms with E-state index in [0.29, 0.717) is 24.7 Å². The number of aryl methyl sites for hydroxylation is 1. The molecule has 6 nitrogen and oxygen atoms in total. The Morgan fingerprint density at radius 1 is 1.24 bits per heavy atom. The number of ether oxygens (including phenoxy) is 2. The van der Waals surface area contributed by atoms with Gasteiger partial charge in [0.15, 0.2) is 17.3 Å². The highest BCUT2D eigenvalue weighted by atomic mass is 32.1. The van der Waals surface area contributed by atoms with Crippen molar-refractivity contribution in [2.45, 2.75) is 26.5 Å². The minimum absolute atomic E-state index is 0.551. The molecule has 0 bridgehead atoms. The minimum atomic E-state index is 0.551. The van der Waals surface area contributed by atoms with Crippen molar-refractivity contribution in [3.63, 3.8) is 0 Å². The average Bonchev–Trinajstić information content (AvgIpc) is 3.29. The van der Waals surface area contributed by atoms with E-state index in [0.717, 1.165) is 30.2 Å². The molecular formula is C18H21N3O3S. The van der Waals surface area contributed by atoms with Crippen LogP contribution >= 0.6 is 11.3 Å². The van der Waals surface area contributed by atoms with E-state index in [9.17, 15) is 0 Å². The molecule has 0 atom stereocenters. The molecule has 25 heavy (non-hydrogen) atoms. The molecule has 0 aliphatic heterocycles.